The Balaban J connectivity index is 1.42. The van der Waals surface area contributed by atoms with Gasteiger partial charge in [-0.25, -0.2) is 4.98 Å². The van der Waals surface area contributed by atoms with Crippen LogP contribution in [-0.2, 0) is 13.0 Å². The fourth-order valence-electron chi connectivity index (χ4n) is 4.24. The second kappa shape index (κ2) is 8.68. The topological polar surface area (TPSA) is 72.3 Å². The second-order valence-corrected chi connectivity index (χ2v) is 9.84. The monoisotopic (exact) mass is 521 g/mol. The third-order valence-electron chi connectivity index (χ3n) is 5.86. The van der Waals surface area contributed by atoms with E-state index in [-0.39, 0.29) is 23.9 Å². The summed E-state index contributed by atoms with van der Waals surface area (Å²) in [5.41, 5.74) is 2.71. The molecule has 3 heterocycles. The van der Waals surface area contributed by atoms with Crippen molar-refractivity contribution in [3.63, 3.8) is 0 Å². The van der Waals surface area contributed by atoms with Gasteiger partial charge < -0.3 is 0 Å². The van der Waals surface area contributed by atoms with E-state index in [1.165, 1.54) is 4.90 Å². The van der Waals surface area contributed by atoms with Gasteiger partial charge in [0.2, 0.25) is 0 Å². The number of thiophene rings is 1. The number of imide groups is 1. The summed E-state index contributed by atoms with van der Waals surface area (Å²) < 4.78 is 2.56. The zero-order valence-corrected chi connectivity index (χ0v) is 20.3. The van der Waals surface area contributed by atoms with E-state index in [1.807, 2.05) is 24.3 Å². The maximum absolute atomic E-state index is 13.4. The molecule has 1 aliphatic heterocycles. The Bertz CT molecular complexity index is 1420. The summed E-state index contributed by atoms with van der Waals surface area (Å²) in [6.45, 7) is 2.69. The van der Waals surface area contributed by atoms with Crippen molar-refractivity contribution in [2.45, 2.75) is 26.3 Å². The van der Waals surface area contributed by atoms with Gasteiger partial charge in [-0.15, -0.1) is 11.3 Å². The summed E-state index contributed by atoms with van der Waals surface area (Å²) in [4.78, 5) is 46.2. The highest BCUT2D eigenvalue weighted by Crippen LogP contribution is 2.36. The number of carbonyl (C=O) groups is 2. The number of halogens is 1. The molecule has 0 N–H and O–H groups in total. The minimum absolute atomic E-state index is 0.101. The fourth-order valence-corrected chi connectivity index (χ4v) is 5.60. The Morgan fingerprint density at radius 2 is 1.61 bits per heavy atom. The first kappa shape index (κ1) is 21.7. The molecule has 6 nitrogen and oxygen atoms in total. The molecule has 5 rings (SSSR count). The van der Waals surface area contributed by atoms with Gasteiger partial charge in [-0.3, -0.25) is 23.9 Å². The molecule has 0 unspecified atom stereocenters. The van der Waals surface area contributed by atoms with Crippen LogP contribution in [0.2, 0.25) is 0 Å². The smallest absolute Gasteiger partial charge is 0.262 e. The standard InChI is InChI=1S/C25H20BrN3O3S/c1-2-19-20(15-8-10-16(26)11-9-15)21-22(33-19)27-14-28(25(21)32)12-5-13-29-23(30)17-6-3-4-7-18(17)24(29)31/h3-4,6-11,14H,2,5,12-13H2,1H3. The van der Waals surface area contributed by atoms with Gasteiger partial charge in [-0.1, -0.05) is 47.1 Å². The molecule has 0 saturated heterocycles. The molecular formula is C25H20BrN3O3S. The van der Waals surface area contributed by atoms with Crippen LogP contribution in [0.1, 0.15) is 38.9 Å². The Labute approximate surface area is 202 Å². The maximum Gasteiger partial charge on any atom is 0.262 e. The van der Waals surface area contributed by atoms with Crippen LogP contribution in [0.4, 0.5) is 0 Å². The van der Waals surface area contributed by atoms with Crippen molar-refractivity contribution < 1.29 is 9.59 Å². The minimum Gasteiger partial charge on any atom is -0.299 e. The molecule has 2 aromatic carbocycles. The summed E-state index contributed by atoms with van der Waals surface area (Å²) in [6.07, 6.45) is 2.84. The third-order valence-corrected chi connectivity index (χ3v) is 7.64. The fraction of sp³-hybridized carbons (Fsp3) is 0.200. The lowest BCUT2D eigenvalue weighted by Gasteiger charge is -2.14. The number of amides is 2. The van der Waals surface area contributed by atoms with E-state index >= 15 is 0 Å². The molecule has 0 spiro atoms. The first-order chi connectivity index (χ1) is 16.0. The number of hydrogen-bond donors (Lipinski definition) is 0. The number of nitrogens with zero attached hydrogens (tertiary/aromatic N) is 3. The zero-order valence-electron chi connectivity index (χ0n) is 17.9. The van der Waals surface area contributed by atoms with Crippen molar-refractivity contribution >= 4 is 49.3 Å². The van der Waals surface area contributed by atoms with Crippen LogP contribution < -0.4 is 5.56 Å². The van der Waals surface area contributed by atoms with Gasteiger partial charge >= 0.3 is 0 Å². The predicted octanol–water partition coefficient (Wildman–Crippen LogP) is 5.14. The highest BCUT2D eigenvalue weighted by Gasteiger charge is 2.34. The summed E-state index contributed by atoms with van der Waals surface area (Å²) in [6, 6.07) is 14.8. The highest BCUT2D eigenvalue weighted by atomic mass is 79.9. The van der Waals surface area contributed by atoms with Crippen LogP contribution >= 0.6 is 27.3 Å². The van der Waals surface area contributed by atoms with Crippen molar-refractivity contribution in [2.24, 2.45) is 0 Å². The van der Waals surface area contributed by atoms with Gasteiger partial charge in [0.15, 0.2) is 0 Å². The van der Waals surface area contributed by atoms with Crippen molar-refractivity contribution in [2.75, 3.05) is 6.54 Å². The van der Waals surface area contributed by atoms with E-state index in [4.69, 9.17) is 0 Å². The summed E-state index contributed by atoms with van der Waals surface area (Å²) in [7, 11) is 0. The van der Waals surface area contributed by atoms with Gasteiger partial charge in [0.25, 0.3) is 17.4 Å². The number of aryl methyl sites for hydroxylation is 2. The van der Waals surface area contributed by atoms with Crippen molar-refractivity contribution in [1.82, 2.24) is 14.5 Å². The quantitative estimate of drug-likeness (QED) is 0.329. The molecule has 0 fully saturated rings. The predicted molar refractivity (Wildman–Crippen MR) is 133 cm³/mol. The Morgan fingerprint density at radius 1 is 0.939 bits per heavy atom. The summed E-state index contributed by atoms with van der Waals surface area (Å²) >= 11 is 5.02. The first-order valence-corrected chi connectivity index (χ1v) is 12.3. The maximum atomic E-state index is 13.4. The van der Waals surface area contributed by atoms with E-state index in [2.05, 4.69) is 27.8 Å². The van der Waals surface area contributed by atoms with Gasteiger partial charge in [0.05, 0.1) is 22.8 Å². The lowest BCUT2D eigenvalue weighted by molar-refractivity contribution is 0.0650. The average molecular weight is 522 g/mol. The van der Waals surface area contributed by atoms with Crippen LogP contribution in [-0.4, -0.2) is 32.8 Å². The largest absolute Gasteiger partial charge is 0.299 e. The van der Waals surface area contributed by atoms with Crippen molar-refractivity contribution in [3.8, 4) is 11.1 Å². The highest BCUT2D eigenvalue weighted by molar-refractivity contribution is 9.10. The Hall–Kier alpha value is -3.10. The SMILES string of the molecule is CCc1sc2ncn(CCCN3C(=O)c4ccccc4C3=O)c(=O)c2c1-c1ccc(Br)cc1. The molecule has 2 amide bonds. The van der Waals surface area contributed by atoms with Gasteiger partial charge in [0, 0.05) is 28.0 Å². The van der Waals surface area contributed by atoms with Gasteiger partial charge in [-0.05, 0) is 42.7 Å². The van der Waals surface area contributed by atoms with Crippen LogP contribution in [0.25, 0.3) is 21.3 Å². The van der Waals surface area contributed by atoms with Crippen LogP contribution in [0.3, 0.4) is 0 Å². The molecular weight excluding hydrogens is 502 g/mol. The number of hydrogen-bond acceptors (Lipinski definition) is 5. The summed E-state index contributed by atoms with van der Waals surface area (Å²) in [5.74, 6) is -0.557. The zero-order chi connectivity index (χ0) is 23.1. The number of rotatable bonds is 6. The molecule has 33 heavy (non-hydrogen) atoms. The molecule has 0 radical (unpaired) electrons. The number of benzene rings is 2. The normalized spacial score (nSPS) is 13.2. The lowest BCUT2D eigenvalue weighted by atomic mass is 10.0. The van der Waals surface area contributed by atoms with E-state index in [9.17, 15) is 14.4 Å². The number of fused-ring (bicyclic) bond motifs is 2. The Morgan fingerprint density at radius 3 is 2.24 bits per heavy atom. The molecule has 0 atom stereocenters. The van der Waals surface area contributed by atoms with E-state index in [0.717, 1.165) is 31.7 Å². The van der Waals surface area contributed by atoms with Crippen LogP contribution in [0.5, 0.6) is 0 Å². The third kappa shape index (κ3) is 3.73. The Kier molecular flexibility index (Phi) is 5.72. The molecule has 1 aliphatic rings. The first-order valence-electron chi connectivity index (χ1n) is 10.7. The number of aromatic nitrogens is 2. The molecule has 0 bridgehead atoms. The van der Waals surface area contributed by atoms with Gasteiger partial charge in [0.1, 0.15) is 4.83 Å². The van der Waals surface area contributed by atoms with Gasteiger partial charge in [-0.2, -0.15) is 0 Å². The second-order valence-electron chi connectivity index (χ2n) is 7.85. The molecule has 0 aliphatic carbocycles. The van der Waals surface area contributed by atoms with E-state index < -0.39 is 0 Å². The van der Waals surface area contributed by atoms with Crippen molar-refractivity contribution in [3.05, 3.63) is 85.7 Å². The average Bonchev–Trinajstić information content (AvgIpc) is 3.32. The lowest BCUT2D eigenvalue weighted by Crippen LogP contribution is -2.32. The van der Waals surface area contributed by atoms with Crippen molar-refractivity contribution in [1.29, 1.82) is 0 Å². The van der Waals surface area contributed by atoms with Crippen LogP contribution in [0, 0.1) is 0 Å². The summed E-state index contributed by atoms with van der Waals surface area (Å²) in [5, 5.41) is 0.627. The molecule has 8 heteroatoms. The van der Waals surface area contributed by atoms with Crippen LogP contribution in [0.15, 0.2) is 64.1 Å². The number of carbonyl (C=O) groups excluding carboxylic acids is 2. The minimum atomic E-state index is -0.278. The molecule has 166 valence electrons. The molecule has 2 aromatic heterocycles. The molecule has 4 aromatic rings. The van der Waals surface area contributed by atoms with E-state index in [1.54, 1.807) is 46.5 Å². The molecule has 0 saturated carbocycles. The van der Waals surface area contributed by atoms with E-state index in [0.29, 0.717) is 29.5 Å².